The van der Waals surface area contributed by atoms with Gasteiger partial charge in [-0.05, 0) is 13.8 Å². The standard InChI is InChI=1S/C10H10I2O3/c1-9(11)3-4-10(2,12)6-5(9)7(13)15-8(6)14/h3-6H,1-2H3. The fourth-order valence-electron chi connectivity index (χ4n) is 2.14. The molecule has 0 N–H and O–H groups in total. The summed E-state index contributed by atoms with van der Waals surface area (Å²) in [7, 11) is 0. The predicted octanol–water partition coefficient (Wildman–Crippen LogP) is 2.26. The molecule has 0 bridgehead atoms. The van der Waals surface area contributed by atoms with Crippen LogP contribution in [0.25, 0.3) is 0 Å². The molecular formula is C10H10I2O3. The summed E-state index contributed by atoms with van der Waals surface area (Å²) in [6, 6.07) is 0. The van der Waals surface area contributed by atoms with Gasteiger partial charge in [-0.2, -0.15) is 0 Å². The zero-order valence-corrected chi connectivity index (χ0v) is 12.6. The van der Waals surface area contributed by atoms with Gasteiger partial charge in [-0.15, -0.1) is 0 Å². The molecular weight excluding hydrogens is 422 g/mol. The lowest BCUT2D eigenvalue weighted by atomic mass is 9.73. The van der Waals surface area contributed by atoms with Gasteiger partial charge < -0.3 is 4.74 Å². The SMILES string of the molecule is CC1(I)C=CC(C)(I)C2C(=O)OC(=O)C21. The van der Waals surface area contributed by atoms with E-state index in [1.54, 1.807) is 0 Å². The Kier molecular flexibility index (Phi) is 2.69. The number of carbonyl (C=O) groups excluding carboxylic acids is 2. The first kappa shape index (κ1) is 11.8. The van der Waals surface area contributed by atoms with Crippen LogP contribution in [0.5, 0.6) is 0 Å². The minimum Gasteiger partial charge on any atom is -0.393 e. The van der Waals surface area contributed by atoms with Gasteiger partial charge in [-0.3, -0.25) is 9.59 Å². The number of halogens is 2. The maximum atomic E-state index is 11.6. The number of hydrogen-bond donors (Lipinski definition) is 0. The summed E-state index contributed by atoms with van der Waals surface area (Å²) in [5, 5.41) is 0. The van der Waals surface area contributed by atoms with E-state index in [0.717, 1.165) is 0 Å². The predicted molar refractivity (Wildman–Crippen MR) is 72.1 cm³/mol. The molecule has 0 radical (unpaired) electrons. The maximum absolute atomic E-state index is 11.6. The van der Waals surface area contributed by atoms with Crippen LogP contribution < -0.4 is 0 Å². The topological polar surface area (TPSA) is 43.4 Å². The molecule has 1 fully saturated rings. The number of rotatable bonds is 0. The van der Waals surface area contributed by atoms with E-state index in [4.69, 9.17) is 4.74 Å². The Morgan fingerprint density at radius 2 is 1.40 bits per heavy atom. The Morgan fingerprint density at radius 3 is 1.73 bits per heavy atom. The average molecular weight is 432 g/mol. The van der Waals surface area contributed by atoms with Crippen LogP contribution in [0.15, 0.2) is 12.2 Å². The highest BCUT2D eigenvalue weighted by Gasteiger charge is 2.59. The summed E-state index contributed by atoms with van der Waals surface area (Å²) in [6.45, 7) is 3.90. The van der Waals surface area contributed by atoms with Crippen LogP contribution in [-0.4, -0.2) is 18.8 Å². The van der Waals surface area contributed by atoms with Crippen molar-refractivity contribution >= 4 is 57.1 Å². The normalized spacial score (nSPS) is 49.1. The fraction of sp³-hybridized carbons (Fsp3) is 0.600. The second kappa shape index (κ2) is 3.41. The Hall–Kier alpha value is 0.340. The van der Waals surface area contributed by atoms with Crippen molar-refractivity contribution in [3.05, 3.63) is 12.2 Å². The number of fused-ring (bicyclic) bond motifs is 1. The van der Waals surface area contributed by atoms with Crippen LogP contribution in [-0.2, 0) is 14.3 Å². The summed E-state index contributed by atoms with van der Waals surface area (Å²) in [4.78, 5) is 23.3. The molecule has 82 valence electrons. The lowest BCUT2D eigenvalue weighted by Crippen LogP contribution is -2.46. The van der Waals surface area contributed by atoms with E-state index in [9.17, 15) is 9.59 Å². The van der Waals surface area contributed by atoms with Crippen molar-refractivity contribution in [1.29, 1.82) is 0 Å². The minimum absolute atomic E-state index is 0.323. The van der Waals surface area contributed by atoms with Crippen molar-refractivity contribution in [2.24, 2.45) is 11.8 Å². The van der Waals surface area contributed by atoms with E-state index in [2.05, 4.69) is 45.2 Å². The molecule has 4 atom stereocenters. The van der Waals surface area contributed by atoms with Gasteiger partial charge in [0.05, 0.1) is 18.7 Å². The molecule has 0 spiro atoms. The first-order valence-electron chi connectivity index (χ1n) is 4.59. The highest BCUT2D eigenvalue weighted by atomic mass is 127. The van der Waals surface area contributed by atoms with Crippen LogP contribution in [0.1, 0.15) is 13.8 Å². The highest BCUT2D eigenvalue weighted by molar-refractivity contribution is 14.1. The number of allylic oxidation sites excluding steroid dienone is 2. The van der Waals surface area contributed by atoms with Gasteiger partial charge in [0, 0.05) is 0 Å². The van der Waals surface area contributed by atoms with Crippen LogP contribution in [0, 0.1) is 11.8 Å². The smallest absolute Gasteiger partial charge is 0.319 e. The van der Waals surface area contributed by atoms with Gasteiger partial charge in [-0.1, -0.05) is 57.3 Å². The van der Waals surface area contributed by atoms with Gasteiger partial charge in [0.25, 0.3) is 0 Å². The zero-order valence-electron chi connectivity index (χ0n) is 8.29. The Labute approximate surface area is 115 Å². The number of alkyl halides is 2. The number of ether oxygens (including phenoxy) is 1. The molecule has 5 heteroatoms. The van der Waals surface area contributed by atoms with E-state index in [1.165, 1.54) is 0 Å². The van der Waals surface area contributed by atoms with E-state index in [-0.39, 0.29) is 30.6 Å². The van der Waals surface area contributed by atoms with Crippen molar-refractivity contribution in [1.82, 2.24) is 0 Å². The highest BCUT2D eigenvalue weighted by Crippen LogP contribution is 2.51. The summed E-state index contributed by atoms with van der Waals surface area (Å²) < 4.78 is 4.11. The summed E-state index contributed by atoms with van der Waals surface area (Å²) in [5.74, 6) is -1.46. The monoisotopic (exact) mass is 432 g/mol. The molecule has 0 saturated carbocycles. The van der Waals surface area contributed by atoms with Crippen molar-refractivity contribution < 1.29 is 14.3 Å². The molecule has 1 heterocycles. The first-order chi connectivity index (χ1) is 6.76. The van der Waals surface area contributed by atoms with Crippen LogP contribution >= 0.6 is 45.2 Å². The Balaban J connectivity index is 2.54. The number of carbonyl (C=O) groups is 2. The fourth-order valence-corrected chi connectivity index (χ4v) is 3.73. The summed E-state index contributed by atoms with van der Waals surface area (Å²) in [5.41, 5.74) is 0. The number of cyclic esters (lactones) is 2. The minimum atomic E-state index is -0.380. The second-order valence-electron chi connectivity index (χ2n) is 4.33. The summed E-state index contributed by atoms with van der Waals surface area (Å²) in [6.07, 6.45) is 4.00. The van der Waals surface area contributed by atoms with Gasteiger partial charge in [0.2, 0.25) is 0 Å². The molecule has 15 heavy (non-hydrogen) atoms. The molecule has 4 unspecified atom stereocenters. The lowest BCUT2D eigenvalue weighted by Gasteiger charge is -2.38. The summed E-state index contributed by atoms with van der Waals surface area (Å²) >= 11 is 4.41. The van der Waals surface area contributed by atoms with Crippen LogP contribution in [0.3, 0.4) is 0 Å². The Morgan fingerprint density at radius 1 is 1.07 bits per heavy atom. The third-order valence-corrected chi connectivity index (χ3v) is 5.05. The molecule has 2 aliphatic rings. The molecule has 1 saturated heterocycles. The zero-order chi connectivity index (χ0) is 11.4. The second-order valence-corrected chi connectivity index (χ2v) is 8.98. The van der Waals surface area contributed by atoms with Crippen molar-refractivity contribution in [2.45, 2.75) is 20.7 Å². The quantitative estimate of drug-likeness (QED) is 0.194. The van der Waals surface area contributed by atoms with Crippen LogP contribution in [0.4, 0.5) is 0 Å². The molecule has 3 nitrogen and oxygen atoms in total. The van der Waals surface area contributed by atoms with Crippen molar-refractivity contribution in [3.63, 3.8) is 0 Å². The van der Waals surface area contributed by atoms with E-state index < -0.39 is 0 Å². The van der Waals surface area contributed by atoms with E-state index in [1.807, 2.05) is 26.0 Å². The van der Waals surface area contributed by atoms with E-state index >= 15 is 0 Å². The first-order valence-corrected chi connectivity index (χ1v) is 6.75. The van der Waals surface area contributed by atoms with Gasteiger partial charge in [0.15, 0.2) is 0 Å². The molecule has 0 aromatic rings. The van der Waals surface area contributed by atoms with Gasteiger partial charge in [-0.25, -0.2) is 0 Å². The molecule has 0 aromatic heterocycles. The Bertz CT molecular complexity index is 337. The van der Waals surface area contributed by atoms with Crippen molar-refractivity contribution in [2.75, 3.05) is 0 Å². The number of esters is 2. The van der Waals surface area contributed by atoms with Crippen LogP contribution in [0.2, 0.25) is 0 Å². The molecule has 1 aliphatic carbocycles. The van der Waals surface area contributed by atoms with Gasteiger partial charge in [0.1, 0.15) is 0 Å². The third-order valence-electron chi connectivity index (χ3n) is 2.99. The lowest BCUT2D eigenvalue weighted by molar-refractivity contribution is -0.153. The molecule has 0 aromatic carbocycles. The number of hydrogen-bond acceptors (Lipinski definition) is 3. The third kappa shape index (κ3) is 1.75. The average Bonchev–Trinajstić information content (AvgIpc) is 2.38. The van der Waals surface area contributed by atoms with Gasteiger partial charge >= 0.3 is 11.9 Å². The van der Waals surface area contributed by atoms with E-state index in [0.29, 0.717) is 0 Å². The maximum Gasteiger partial charge on any atom is 0.319 e. The molecule has 1 aliphatic heterocycles. The van der Waals surface area contributed by atoms with Crippen molar-refractivity contribution in [3.8, 4) is 0 Å². The molecule has 2 rings (SSSR count). The largest absolute Gasteiger partial charge is 0.393 e. The molecule has 0 amide bonds.